The van der Waals surface area contributed by atoms with Crippen LogP contribution in [-0.2, 0) is 46.4 Å². The maximum atomic E-state index is 13.8. The number of urea groups is 1. The van der Waals surface area contributed by atoms with Crippen LogP contribution in [-0.4, -0.2) is 118 Å². The zero-order valence-electron chi connectivity index (χ0n) is 37.5. The molecule has 0 bridgehead atoms. The molecule has 19 nitrogen and oxygen atoms in total. The standard InChI is InChI=1S/C46H69N7O12/c1-31(2)49-39(55)23-16-24-40(56)50-37(30-33-19-10-7-11-20-33)43(60)51-36(29-32-17-8-6-9-18-32)42(59)48-28-14-5-3-4-12-22-38(54)47-27-15-13-21-34(44(61)62)52-46(65)53-35(45(63)64)25-26-41(57)58/h6-11,17-20,31,34-37,45,63-64H,3-5,12-16,21-30H2,1-2H3,(H,47,54)(H,48,59)(H,49,55)(H,50,56)(H,51,60)(H,57,58)(H,61,62)(H2,52,53,65). The maximum Gasteiger partial charge on any atom is 0.326 e. The Hall–Kier alpha value is -6.08. The quantitative estimate of drug-likeness (QED) is 0.0363. The molecule has 0 aliphatic rings. The van der Waals surface area contributed by atoms with E-state index in [1.54, 1.807) is 0 Å². The molecular formula is C46H69N7O12. The molecule has 11 N–H and O–H groups in total. The van der Waals surface area contributed by atoms with Crippen LogP contribution in [0.4, 0.5) is 4.79 Å². The van der Waals surface area contributed by atoms with Crippen LogP contribution in [0.15, 0.2) is 60.7 Å². The van der Waals surface area contributed by atoms with Gasteiger partial charge in [-0.2, -0.15) is 0 Å². The van der Waals surface area contributed by atoms with E-state index >= 15 is 0 Å². The van der Waals surface area contributed by atoms with Crippen molar-refractivity contribution in [3.05, 3.63) is 71.8 Å². The lowest BCUT2D eigenvalue weighted by atomic mass is 10.0. The second-order valence-corrected chi connectivity index (χ2v) is 16.3. The number of aliphatic hydroxyl groups is 2. The van der Waals surface area contributed by atoms with Crippen LogP contribution in [0.1, 0.15) is 115 Å². The van der Waals surface area contributed by atoms with Gasteiger partial charge in [0.2, 0.25) is 29.5 Å². The van der Waals surface area contributed by atoms with Crippen molar-refractivity contribution in [1.82, 2.24) is 37.2 Å². The highest BCUT2D eigenvalue weighted by Crippen LogP contribution is 2.10. The summed E-state index contributed by atoms with van der Waals surface area (Å²) in [5.41, 5.74) is 1.67. The van der Waals surface area contributed by atoms with E-state index in [0.717, 1.165) is 30.4 Å². The highest BCUT2D eigenvalue weighted by atomic mass is 16.5. The highest BCUT2D eigenvalue weighted by molar-refractivity contribution is 5.92. The van der Waals surface area contributed by atoms with E-state index in [-0.39, 0.29) is 68.2 Å². The number of carbonyl (C=O) groups is 8. The number of unbranched alkanes of at least 4 members (excludes halogenated alkanes) is 5. The first-order valence-electron chi connectivity index (χ1n) is 22.4. The molecule has 65 heavy (non-hydrogen) atoms. The van der Waals surface area contributed by atoms with E-state index in [0.29, 0.717) is 51.6 Å². The molecule has 0 aromatic heterocycles. The Morgan fingerprint density at radius 1 is 0.492 bits per heavy atom. The molecule has 0 saturated carbocycles. The summed E-state index contributed by atoms with van der Waals surface area (Å²) < 4.78 is 0. The van der Waals surface area contributed by atoms with Crippen LogP contribution < -0.4 is 37.2 Å². The molecular weight excluding hydrogens is 843 g/mol. The Balaban J connectivity index is 1.77. The van der Waals surface area contributed by atoms with Gasteiger partial charge in [0.1, 0.15) is 18.1 Å². The zero-order chi connectivity index (χ0) is 48.0. The first-order chi connectivity index (χ1) is 31.0. The average Bonchev–Trinajstić information content (AvgIpc) is 3.25. The predicted molar refractivity (Wildman–Crippen MR) is 241 cm³/mol. The van der Waals surface area contributed by atoms with Gasteiger partial charge in [-0.1, -0.05) is 79.9 Å². The second kappa shape index (κ2) is 31.7. The van der Waals surface area contributed by atoms with Crippen molar-refractivity contribution in [2.45, 2.75) is 153 Å². The number of carboxylic acid groups (broad SMARTS) is 2. The van der Waals surface area contributed by atoms with Crippen molar-refractivity contribution in [3.63, 3.8) is 0 Å². The Bertz CT molecular complexity index is 1780. The van der Waals surface area contributed by atoms with Gasteiger partial charge in [-0.15, -0.1) is 0 Å². The fourth-order valence-electron chi connectivity index (χ4n) is 6.73. The summed E-state index contributed by atoms with van der Waals surface area (Å²) in [6.45, 7) is 4.39. The number of nitrogens with one attached hydrogen (secondary N) is 7. The monoisotopic (exact) mass is 912 g/mol. The zero-order valence-corrected chi connectivity index (χ0v) is 37.5. The van der Waals surface area contributed by atoms with Gasteiger partial charge >= 0.3 is 18.0 Å². The Morgan fingerprint density at radius 2 is 1.02 bits per heavy atom. The SMILES string of the molecule is CC(C)NC(=O)CCCC(=O)NC(Cc1ccccc1)C(=O)NC(Cc1ccccc1)C(=O)NCCCCCCCC(=O)NCCCCC(NC(=O)NC(CCC(=O)O)C(O)O)C(=O)O. The van der Waals surface area contributed by atoms with Crippen LogP contribution in [0, 0.1) is 0 Å². The molecule has 2 rings (SSSR count). The minimum absolute atomic E-state index is 0.0116. The van der Waals surface area contributed by atoms with E-state index in [4.69, 9.17) is 5.11 Å². The van der Waals surface area contributed by atoms with Gasteiger partial charge in [0.15, 0.2) is 6.29 Å². The van der Waals surface area contributed by atoms with Gasteiger partial charge in [0, 0.05) is 57.7 Å². The number of benzene rings is 2. The van der Waals surface area contributed by atoms with E-state index < -0.39 is 60.8 Å². The first-order valence-corrected chi connectivity index (χ1v) is 22.4. The third-order valence-electron chi connectivity index (χ3n) is 10.2. The summed E-state index contributed by atoms with van der Waals surface area (Å²) in [7, 11) is 0. The summed E-state index contributed by atoms with van der Waals surface area (Å²) in [5.74, 6) is -4.05. The van der Waals surface area contributed by atoms with Crippen LogP contribution in [0.2, 0.25) is 0 Å². The molecule has 360 valence electrons. The molecule has 4 atom stereocenters. The van der Waals surface area contributed by atoms with Gasteiger partial charge in [0.05, 0.1) is 6.04 Å². The molecule has 0 fully saturated rings. The predicted octanol–water partition coefficient (Wildman–Crippen LogP) is 2.18. The van der Waals surface area contributed by atoms with E-state index in [9.17, 15) is 53.7 Å². The first kappa shape index (κ1) is 55.1. The minimum Gasteiger partial charge on any atom is -0.481 e. The molecule has 7 amide bonds. The Morgan fingerprint density at radius 3 is 1.58 bits per heavy atom. The van der Waals surface area contributed by atoms with Crippen molar-refractivity contribution in [2.24, 2.45) is 0 Å². The smallest absolute Gasteiger partial charge is 0.326 e. The molecule has 19 heteroatoms. The maximum absolute atomic E-state index is 13.8. The average molecular weight is 912 g/mol. The van der Waals surface area contributed by atoms with E-state index in [1.165, 1.54) is 0 Å². The third-order valence-corrected chi connectivity index (χ3v) is 10.2. The Kier molecular flexibility index (Phi) is 26.9. The summed E-state index contributed by atoms with van der Waals surface area (Å²) >= 11 is 0. The number of aliphatic carboxylic acids is 2. The second-order valence-electron chi connectivity index (χ2n) is 16.3. The molecule has 0 heterocycles. The van der Waals surface area contributed by atoms with Crippen LogP contribution >= 0.6 is 0 Å². The lowest BCUT2D eigenvalue weighted by Crippen LogP contribution is -2.55. The summed E-state index contributed by atoms with van der Waals surface area (Å²) in [6, 6.07) is 13.0. The van der Waals surface area contributed by atoms with Gasteiger partial charge < -0.3 is 57.6 Å². The van der Waals surface area contributed by atoms with Crippen LogP contribution in [0.3, 0.4) is 0 Å². The number of hydrogen-bond donors (Lipinski definition) is 11. The highest BCUT2D eigenvalue weighted by Gasteiger charge is 2.28. The molecule has 0 saturated heterocycles. The molecule has 0 spiro atoms. The molecule has 0 aliphatic carbocycles. The van der Waals surface area contributed by atoms with Crippen molar-refractivity contribution in [3.8, 4) is 0 Å². The van der Waals surface area contributed by atoms with Gasteiger partial charge in [-0.05, 0) is 69.9 Å². The van der Waals surface area contributed by atoms with E-state index in [1.807, 2.05) is 74.5 Å². The number of hydrogen-bond acceptors (Lipinski definition) is 10. The summed E-state index contributed by atoms with van der Waals surface area (Å²) in [6.07, 6.45) is 3.10. The van der Waals surface area contributed by atoms with Crippen molar-refractivity contribution in [2.75, 3.05) is 13.1 Å². The topological polar surface area (TPSA) is 302 Å². The lowest BCUT2D eigenvalue weighted by Gasteiger charge is -2.24. The number of carbonyl (C=O) groups excluding carboxylic acids is 6. The fourth-order valence-corrected chi connectivity index (χ4v) is 6.73. The summed E-state index contributed by atoms with van der Waals surface area (Å²) in [4.78, 5) is 99.3. The summed E-state index contributed by atoms with van der Waals surface area (Å²) in [5, 5.41) is 55.7. The normalized spacial score (nSPS) is 12.8. The van der Waals surface area contributed by atoms with Crippen molar-refractivity contribution < 1.29 is 58.8 Å². The van der Waals surface area contributed by atoms with Crippen molar-refractivity contribution in [1.29, 1.82) is 0 Å². The van der Waals surface area contributed by atoms with Crippen molar-refractivity contribution >= 4 is 47.5 Å². The van der Waals surface area contributed by atoms with Crippen LogP contribution in [0.25, 0.3) is 0 Å². The number of amides is 7. The number of rotatable bonds is 33. The van der Waals surface area contributed by atoms with E-state index in [2.05, 4.69) is 37.2 Å². The molecule has 2 aromatic rings. The fraction of sp³-hybridized carbons (Fsp3) is 0.565. The van der Waals surface area contributed by atoms with Gasteiger partial charge in [-0.3, -0.25) is 28.8 Å². The third kappa shape index (κ3) is 25.7. The number of carboxylic acids is 2. The van der Waals surface area contributed by atoms with Gasteiger partial charge in [-0.25, -0.2) is 9.59 Å². The molecule has 0 aliphatic heterocycles. The lowest BCUT2D eigenvalue weighted by molar-refractivity contribution is -0.139. The Labute approximate surface area is 380 Å². The number of aliphatic hydroxyl groups excluding tert-OH is 1. The minimum atomic E-state index is -2.04. The van der Waals surface area contributed by atoms with Gasteiger partial charge in [0.25, 0.3) is 0 Å². The van der Waals surface area contributed by atoms with Crippen LogP contribution in [0.5, 0.6) is 0 Å². The molecule has 0 radical (unpaired) electrons. The molecule has 4 unspecified atom stereocenters. The molecule has 2 aromatic carbocycles. The largest absolute Gasteiger partial charge is 0.481 e.